The summed E-state index contributed by atoms with van der Waals surface area (Å²) >= 11 is 0. The number of aromatic nitrogens is 1. The van der Waals surface area contributed by atoms with Crippen molar-refractivity contribution >= 4 is 15.8 Å². The number of pyridine rings is 1. The maximum atomic E-state index is 12.4. The molecule has 0 radical (unpaired) electrons. The molecule has 0 bridgehead atoms. The van der Waals surface area contributed by atoms with Gasteiger partial charge in [0, 0.05) is 46.6 Å². The van der Waals surface area contributed by atoms with Gasteiger partial charge in [-0.1, -0.05) is 0 Å². The molecule has 7 heteroatoms. The molecule has 1 aromatic rings. The largest absolute Gasteiger partial charge is 0.385 e. The van der Waals surface area contributed by atoms with Crippen LogP contribution in [-0.2, 0) is 14.8 Å². The normalized spacial score (nSPS) is 16.3. The van der Waals surface area contributed by atoms with Crippen molar-refractivity contribution in [3.05, 3.63) is 18.3 Å². The molecular weight excluding hydrogens is 290 g/mol. The van der Waals surface area contributed by atoms with E-state index in [4.69, 9.17) is 4.74 Å². The molecule has 0 aromatic carbocycles. The molecule has 1 fully saturated rings. The summed E-state index contributed by atoms with van der Waals surface area (Å²) in [6.45, 7) is 2.74. The summed E-state index contributed by atoms with van der Waals surface area (Å²) in [4.78, 5) is 6.54. The fourth-order valence-electron chi connectivity index (χ4n) is 2.39. The average Bonchev–Trinajstić information content (AvgIpc) is 3.02. The van der Waals surface area contributed by atoms with Gasteiger partial charge >= 0.3 is 0 Å². The Kier molecular flexibility index (Phi) is 5.55. The first-order valence-electron chi connectivity index (χ1n) is 7.22. The summed E-state index contributed by atoms with van der Waals surface area (Å²) in [5.41, 5.74) is 0. The lowest BCUT2D eigenvalue weighted by molar-refractivity contribution is 0.196. The highest BCUT2D eigenvalue weighted by molar-refractivity contribution is 7.89. The van der Waals surface area contributed by atoms with Crippen molar-refractivity contribution in [2.75, 3.05) is 45.3 Å². The third-order valence-corrected chi connectivity index (χ3v) is 5.54. The molecule has 2 rings (SSSR count). The maximum Gasteiger partial charge on any atom is 0.244 e. The molecule has 0 aliphatic carbocycles. The van der Waals surface area contributed by atoms with Gasteiger partial charge < -0.3 is 9.64 Å². The fourth-order valence-corrected chi connectivity index (χ4v) is 3.85. The van der Waals surface area contributed by atoms with Crippen molar-refractivity contribution in [2.24, 2.45) is 0 Å². The summed E-state index contributed by atoms with van der Waals surface area (Å²) in [5.74, 6) is 0.770. The zero-order valence-electron chi connectivity index (χ0n) is 12.7. The molecule has 1 aliphatic heterocycles. The van der Waals surface area contributed by atoms with Crippen molar-refractivity contribution in [2.45, 2.75) is 24.2 Å². The van der Waals surface area contributed by atoms with Crippen molar-refractivity contribution in [1.82, 2.24) is 9.29 Å². The predicted octanol–water partition coefficient (Wildman–Crippen LogP) is 1.34. The predicted molar refractivity (Wildman–Crippen MR) is 82.0 cm³/mol. The number of hydrogen-bond acceptors (Lipinski definition) is 5. The summed E-state index contributed by atoms with van der Waals surface area (Å²) in [6, 6.07) is 3.40. The second-order valence-corrected chi connectivity index (χ2v) is 7.17. The molecule has 0 amide bonds. The average molecular weight is 313 g/mol. The van der Waals surface area contributed by atoms with E-state index in [1.807, 2.05) is 11.9 Å². The second-order valence-electron chi connectivity index (χ2n) is 5.23. The zero-order valence-corrected chi connectivity index (χ0v) is 13.5. The lowest BCUT2D eigenvalue weighted by atomic mass is 10.4. The van der Waals surface area contributed by atoms with Crippen molar-refractivity contribution < 1.29 is 13.2 Å². The van der Waals surface area contributed by atoms with Crippen molar-refractivity contribution in [3.8, 4) is 0 Å². The zero-order chi connectivity index (χ0) is 15.3. The van der Waals surface area contributed by atoms with Crippen LogP contribution in [-0.4, -0.2) is 58.1 Å². The van der Waals surface area contributed by atoms with Gasteiger partial charge in [-0.2, -0.15) is 4.31 Å². The van der Waals surface area contributed by atoms with Crippen molar-refractivity contribution in [3.63, 3.8) is 0 Å². The fraction of sp³-hybridized carbons (Fsp3) is 0.643. The van der Waals surface area contributed by atoms with Gasteiger partial charge in [0.05, 0.1) is 0 Å². The van der Waals surface area contributed by atoms with Crippen LogP contribution in [0, 0.1) is 0 Å². The molecule has 2 heterocycles. The van der Waals surface area contributed by atoms with E-state index in [0.717, 1.165) is 31.6 Å². The van der Waals surface area contributed by atoms with Gasteiger partial charge in [-0.15, -0.1) is 0 Å². The quantitative estimate of drug-likeness (QED) is 0.711. The first kappa shape index (κ1) is 16.2. The molecule has 21 heavy (non-hydrogen) atoms. The van der Waals surface area contributed by atoms with Crippen LogP contribution in [0.4, 0.5) is 5.82 Å². The topological polar surface area (TPSA) is 62.7 Å². The van der Waals surface area contributed by atoms with Crippen LogP contribution in [0.3, 0.4) is 0 Å². The third kappa shape index (κ3) is 3.93. The lowest BCUT2D eigenvalue weighted by Gasteiger charge is -2.19. The van der Waals surface area contributed by atoms with Gasteiger partial charge in [0.1, 0.15) is 10.7 Å². The monoisotopic (exact) mass is 313 g/mol. The van der Waals surface area contributed by atoms with Gasteiger partial charge in [0.15, 0.2) is 0 Å². The lowest BCUT2D eigenvalue weighted by Crippen LogP contribution is -2.28. The van der Waals surface area contributed by atoms with E-state index >= 15 is 0 Å². The molecule has 0 unspecified atom stereocenters. The molecule has 1 aromatic heterocycles. The molecule has 0 saturated carbocycles. The first-order chi connectivity index (χ1) is 10.1. The number of nitrogens with zero attached hydrogens (tertiary/aromatic N) is 3. The van der Waals surface area contributed by atoms with Gasteiger partial charge in [-0.25, -0.2) is 13.4 Å². The minimum atomic E-state index is -3.37. The SMILES string of the molecule is COCCCN(C)c1ccc(S(=O)(=O)N2CCCC2)cn1. The molecule has 0 spiro atoms. The Hall–Kier alpha value is -1.18. The van der Waals surface area contributed by atoms with E-state index in [-0.39, 0.29) is 4.90 Å². The molecule has 1 aliphatic rings. The minimum absolute atomic E-state index is 0.276. The number of rotatable bonds is 7. The number of methoxy groups -OCH3 is 1. The van der Waals surface area contributed by atoms with E-state index in [1.54, 1.807) is 19.2 Å². The smallest absolute Gasteiger partial charge is 0.244 e. The molecule has 6 nitrogen and oxygen atoms in total. The Morgan fingerprint density at radius 3 is 2.62 bits per heavy atom. The Balaban J connectivity index is 2.04. The maximum absolute atomic E-state index is 12.4. The number of anilines is 1. The van der Waals surface area contributed by atoms with Crippen LogP contribution in [0.5, 0.6) is 0 Å². The highest BCUT2D eigenvalue weighted by Crippen LogP contribution is 2.21. The Labute approximate surface area is 126 Å². The van der Waals surface area contributed by atoms with Crippen molar-refractivity contribution in [1.29, 1.82) is 0 Å². The highest BCUT2D eigenvalue weighted by Gasteiger charge is 2.27. The second kappa shape index (κ2) is 7.20. The van der Waals surface area contributed by atoms with Crippen LogP contribution in [0.25, 0.3) is 0 Å². The van der Waals surface area contributed by atoms with Gasteiger partial charge in [0.25, 0.3) is 0 Å². The van der Waals surface area contributed by atoms with Gasteiger partial charge in [0.2, 0.25) is 10.0 Å². The van der Waals surface area contributed by atoms with Crippen LogP contribution in [0.2, 0.25) is 0 Å². The number of hydrogen-bond donors (Lipinski definition) is 0. The highest BCUT2D eigenvalue weighted by atomic mass is 32.2. The molecule has 0 atom stereocenters. The number of sulfonamides is 1. The summed E-state index contributed by atoms with van der Waals surface area (Å²) in [5, 5.41) is 0. The summed E-state index contributed by atoms with van der Waals surface area (Å²) in [6.07, 6.45) is 4.23. The molecule has 0 N–H and O–H groups in total. The summed E-state index contributed by atoms with van der Waals surface area (Å²) in [7, 11) is 0.244. The number of ether oxygens (including phenoxy) is 1. The van der Waals surface area contributed by atoms with Gasteiger partial charge in [-0.3, -0.25) is 0 Å². The Morgan fingerprint density at radius 1 is 1.33 bits per heavy atom. The van der Waals surface area contributed by atoms with Crippen LogP contribution >= 0.6 is 0 Å². The standard InChI is InChI=1S/C14H23N3O3S/c1-16(8-5-11-20-2)14-7-6-13(12-15-14)21(18,19)17-9-3-4-10-17/h6-7,12H,3-5,8-11H2,1-2H3. The van der Waals surface area contributed by atoms with E-state index in [9.17, 15) is 8.42 Å². The van der Waals surface area contributed by atoms with E-state index in [0.29, 0.717) is 19.7 Å². The van der Waals surface area contributed by atoms with Crippen LogP contribution < -0.4 is 4.90 Å². The van der Waals surface area contributed by atoms with Crippen LogP contribution in [0.15, 0.2) is 23.2 Å². The molecular formula is C14H23N3O3S. The molecule has 1 saturated heterocycles. The Morgan fingerprint density at radius 2 is 2.05 bits per heavy atom. The van der Waals surface area contributed by atoms with Crippen LogP contribution in [0.1, 0.15) is 19.3 Å². The van der Waals surface area contributed by atoms with E-state index < -0.39 is 10.0 Å². The first-order valence-corrected chi connectivity index (χ1v) is 8.66. The molecule has 118 valence electrons. The van der Waals surface area contributed by atoms with E-state index in [2.05, 4.69) is 4.98 Å². The third-order valence-electron chi connectivity index (χ3n) is 3.66. The van der Waals surface area contributed by atoms with Gasteiger partial charge in [-0.05, 0) is 31.4 Å². The van der Waals surface area contributed by atoms with E-state index in [1.165, 1.54) is 10.5 Å². The summed E-state index contributed by atoms with van der Waals surface area (Å²) < 4.78 is 31.3. The Bertz CT molecular complexity index is 539. The minimum Gasteiger partial charge on any atom is -0.385 e.